The molecule has 1 aliphatic carbocycles. The molecule has 1 N–H and O–H groups in total. The van der Waals surface area contributed by atoms with Crippen LogP contribution in [-0.4, -0.2) is 42.8 Å². The van der Waals surface area contributed by atoms with Crippen LogP contribution < -0.4 is 10.1 Å². The van der Waals surface area contributed by atoms with Crippen molar-refractivity contribution in [1.29, 1.82) is 5.26 Å². The van der Waals surface area contributed by atoms with Crippen molar-refractivity contribution in [1.82, 2.24) is 10.3 Å². The number of hydrogen-bond donors (Lipinski definition) is 1. The number of rotatable bonds is 9. The lowest BCUT2D eigenvalue weighted by molar-refractivity contribution is -0.122. The maximum Gasteiger partial charge on any atom is 0.224 e. The zero-order valence-electron chi connectivity index (χ0n) is 17.8. The lowest BCUT2D eigenvalue weighted by atomic mass is 10.1. The highest BCUT2D eigenvalue weighted by Crippen LogP contribution is 2.38. The van der Waals surface area contributed by atoms with Gasteiger partial charge in [-0.3, -0.25) is 4.79 Å². The number of nitrogens with zero attached hydrogens (tertiary/aromatic N) is 4. The fourth-order valence-electron chi connectivity index (χ4n) is 3.19. The van der Waals surface area contributed by atoms with Gasteiger partial charge in [0.25, 0.3) is 0 Å². The third-order valence-electron chi connectivity index (χ3n) is 5.01. The monoisotopic (exact) mass is 501 g/mol. The molecule has 33 heavy (non-hydrogen) atoms. The maximum atomic E-state index is 12.0. The molecule has 0 spiro atoms. The van der Waals surface area contributed by atoms with Crippen molar-refractivity contribution in [3.8, 4) is 22.3 Å². The number of halogens is 1. The van der Waals surface area contributed by atoms with Crippen LogP contribution in [0.5, 0.6) is 5.75 Å². The van der Waals surface area contributed by atoms with Crippen molar-refractivity contribution in [2.45, 2.75) is 31.2 Å². The van der Waals surface area contributed by atoms with Gasteiger partial charge in [-0.25, -0.2) is 4.98 Å². The van der Waals surface area contributed by atoms with Gasteiger partial charge in [-0.15, -0.1) is 27.8 Å². The summed E-state index contributed by atoms with van der Waals surface area (Å²) < 4.78 is 12.9. The minimum Gasteiger partial charge on any atom is -0.494 e. The molecule has 11 heteroatoms. The predicted molar refractivity (Wildman–Crippen MR) is 131 cm³/mol. The Morgan fingerprint density at radius 2 is 2.21 bits per heavy atom. The zero-order valence-corrected chi connectivity index (χ0v) is 20.1. The van der Waals surface area contributed by atoms with E-state index >= 15 is 0 Å². The molecule has 1 fully saturated rings. The van der Waals surface area contributed by atoms with Crippen molar-refractivity contribution in [3.63, 3.8) is 0 Å². The summed E-state index contributed by atoms with van der Waals surface area (Å²) in [6.07, 6.45) is 1.78. The number of fused-ring (bicyclic) bond motifs is 1. The van der Waals surface area contributed by atoms with Gasteiger partial charge in [0.2, 0.25) is 11.8 Å². The van der Waals surface area contributed by atoms with E-state index in [4.69, 9.17) is 26.3 Å². The summed E-state index contributed by atoms with van der Waals surface area (Å²) in [5.41, 5.74) is 1.06. The molecule has 0 unspecified atom stereocenters. The van der Waals surface area contributed by atoms with Crippen LogP contribution in [0.25, 0.3) is 20.7 Å². The molecule has 0 atom stereocenters. The van der Waals surface area contributed by atoms with Gasteiger partial charge in [0.15, 0.2) is 0 Å². The van der Waals surface area contributed by atoms with Crippen LogP contribution in [0.1, 0.15) is 24.3 Å². The summed E-state index contributed by atoms with van der Waals surface area (Å²) in [5.74, 6) is 0.743. The number of carbonyl (C=O) groups excluding carboxylic acids is 1. The van der Waals surface area contributed by atoms with Gasteiger partial charge >= 0.3 is 0 Å². The van der Waals surface area contributed by atoms with E-state index < -0.39 is 5.54 Å². The highest BCUT2D eigenvalue weighted by molar-refractivity contribution is 7.20. The number of carbonyl (C=O) groups is 1. The van der Waals surface area contributed by atoms with E-state index in [-0.39, 0.29) is 18.9 Å². The molecule has 1 saturated carbocycles. The van der Waals surface area contributed by atoms with E-state index in [9.17, 15) is 4.79 Å². The first-order valence-electron chi connectivity index (χ1n) is 10.1. The molecule has 0 radical (unpaired) electrons. The third-order valence-corrected chi connectivity index (χ3v) is 7.29. The van der Waals surface area contributed by atoms with Crippen molar-refractivity contribution < 1.29 is 14.3 Å². The number of ether oxygens (including phenoxy) is 2. The van der Waals surface area contributed by atoms with E-state index in [2.05, 4.69) is 39.4 Å². The Morgan fingerprint density at radius 1 is 1.39 bits per heavy atom. The lowest BCUT2D eigenvalue weighted by Crippen LogP contribution is -2.36. The van der Waals surface area contributed by atoms with Crippen LogP contribution in [0.4, 0.5) is 0 Å². The fourth-order valence-corrected chi connectivity index (χ4v) is 5.24. The van der Waals surface area contributed by atoms with E-state index in [1.807, 2.05) is 18.2 Å². The van der Waals surface area contributed by atoms with E-state index in [0.29, 0.717) is 30.9 Å². The van der Waals surface area contributed by atoms with Gasteiger partial charge in [-0.2, -0.15) is 10.4 Å². The molecule has 1 aromatic carbocycles. The summed E-state index contributed by atoms with van der Waals surface area (Å²) >= 11 is 9.09. The first-order chi connectivity index (χ1) is 15.9. The average Bonchev–Trinajstić information content (AvgIpc) is 3.22. The SMILES string of the molecule is C=N/N=C(/Cc1nc2c(OC)cc(-c3ccc(Cl)s3)cc2s1)OCCC(=O)NC1(C#N)CC1. The number of methoxy groups -OCH3 is 1. The molecule has 1 amide bonds. The summed E-state index contributed by atoms with van der Waals surface area (Å²) in [5, 5.41) is 20.1. The molecule has 2 aromatic heterocycles. The lowest BCUT2D eigenvalue weighted by Gasteiger charge is -2.10. The second-order valence-corrected chi connectivity index (χ2v) is 10.2. The molecular weight excluding hydrogens is 482 g/mol. The molecule has 0 aliphatic heterocycles. The van der Waals surface area contributed by atoms with Crippen molar-refractivity contribution in [2.24, 2.45) is 10.2 Å². The minimum atomic E-state index is -0.690. The van der Waals surface area contributed by atoms with Gasteiger partial charge in [0.05, 0.1) is 41.7 Å². The van der Waals surface area contributed by atoms with Crippen molar-refractivity contribution >= 4 is 63.0 Å². The van der Waals surface area contributed by atoms with Gasteiger partial charge in [0.1, 0.15) is 21.8 Å². The number of nitrogens with one attached hydrogen (secondary N) is 1. The Balaban J connectivity index is 1.45. The normalized spacial score (nSPS) is 14.5. The van der Waals surface area contributed by atoms with Crippen LogP contribution >= 0.6 is 34.3 Å². The first-order valence-corrected chi connectivity index (χ1v) is 12.1. The summed E-state index contributed by atoms with van der Waals surface area (Å²) in [4.78, 5) is 17.8. The highest BCUT2D eigenvalue weighted by Gasteiger charge is 2.44. The summed E-state index contributed by atoms with van der Waals surface area (Å²) in [7, 11) is 1.61. The molecular formula is C22H20ClN5O3S2. The quantitative estimate of drug-likeness (QED) is 0.257. The third kappa shape index (κ3) is 5.50. The number of hydrogen-bond acceptors (Lipinski definition) is 9. The summed E-state index contributed by atoms with van der Waals surface area (Å²) in [6, 6.07) is 9.96. The van der Waals surface area contributed by atoms with Gasteiger partial charge < -0.3 is 14.8 Å². The summed E-state index contributed by atoms with van der Waals surface area (Å²) in [6.45, 7) is 3.50. The standard InChI is InChI=1S/C22H20ClN5O3S2/c1-25-28-19(31-8-5-18(29)27-22(12-24)6-7-22)11-20-26-21-14(30-2)9-13(10-16(21)33-20)15-3-4-17(23)32-15/h3-4,9-10H,1,5-8,11H2,2H3,(H,27,29)/b28-19-. The molecule has 1 aliphatic rings. The van der Waals surface area contributed by atoms with E-state index in [0.717, 1.165) is 30.0 Å². The number of amides is 1. The number of aromatic nitrogens is 1. The maximum absolute atomic E-state index is 12.0. The molecule has 4 rings (SSSR count). The Kier molecular flexibility index (Phi) is 6.93. The van der Waals surface area contributed by atoms with Crippen LogP contribution in [0.15, 0.2) is 34.5 Å². The van der Waals surface area contributed by atoms with Crippen LogP contribution in [0.2, 0.25) is 4.34 Å². The number of thiophene rings is 1. The minimum absolute atomic E-state index is 0.110. The number of nitriles is 1. The molecule has 3 aromatic rings. The van der Waals surface area contributed by atoms with Gasteiger partial charge in [0, 0.05) is 11.6 Å². The van der Waals surface area contributed by atoms with E-state index in [1.54, 1.807) is 7.11 Å². The zero-order chi connectivity index (χ0) is 23.4. The largest absolute Gasteiger partial charge is 0.494 e. The van der Waals surface area contributed by atoms with Crippen LogP contribution in [0, 0.1) is 11.3 Å². The second kappa shape index (κ2) is 9.87. The fraction of sp³-hybridized carbons (Fsp3) is 0.318. The number of thiazole rings is 1. The van der Waals surface area contributed by atoms with E-state index in [1.165, 1.54) is 22.7 Å². The van der Waals surface area contributed by atoms with Crippen LogP contribution in [0.3, 0.4) is 0 Å². The van der Waals surface area contributed by atoms with Crippen molar-refractivity contribution in [3.05, 3.63) is 33.6 Å². The second-order valence-electron chi connectivity index (χ2n) is 7.39. The molecule has 2 heterocycles. The predicted octanol–water partition coefficient (Wildman–Crippen LogP) is 4.82. The topological polar surface area (TPSA) is 109 Å². The molecule has 8 nitrogen and oxygen atoms in total. The average molecular weight is 502 g/mol. The molecule has 0 bridgehead atoms. The molecule has 0 saturated heterocycles. The van der Waals surface area contributed by atoms with Gasteiger partial charge in [-0.1, -0.05) is 11.6 Å². The van der Waals surface area contributed by atoms with Crippen molar-refractivity contribution in [2.75, 3.05) is 13.7 Å². The first kappa shape index (κ1) is 23.2. The molecule has 170 valence electrons. The van der Waals surface area contributed by atoms with Gasteiger partial charge in [-0.05, 0) is 42.7 Å². The Bertz CT molecular complexity index is 1270. The Morgan fingerprint density at radius 3 is 2.85 bits per heavy atom. The Hall–Kier alpha value is -3.00. The Labute approximate surface area is 203 Å². The van der Waals surface area contributed by atoms with Crippen LogP contribution in [-0.2, 0) is 16.0 Å². The highest BCUT2D eigenvalue weighted by atomic mass is 35.5. The smallest absolute Gasteiger partial charge is 0.224 e. The number of benzene rings is 1.